The van der Waals surface area contributed by atoms with Crippen LogP contribution in [0.5, 0.6) is 0 Å². The monoisotopic (exact) mass is 284 g/mol. The molecule has 0 aliphatic rings. The molecular formula is C15H19F3N2. The zero-order valence-corrected chi connectivity index (χ0v) is 11.5. The fourth-order valence-electron chi connectivity index (χ4n) is 1.94. The highest BCUT2D eigenvalue weighted by atomic mass is 19.4. The highest BCUT2D eigenvalue weighted by Gasteiger charge is 2.30. The Labute approximate surface area is 117 Å². The fraction of sp³-hybridized carbons (Fsp3) is 0.467. The minimum Gasteiger partial charge on any atom is -0.320 e. The van der Waals surface area contributed by atoms with Crippen molar-refractivity contribution in [2.45, 2.75) is 26.1 Å². The van der Waals surface area contributed by atoms with Gasteiger partial charge in [0.05, 0.1) is 13.1 Å². The van der Waals surface area contributed by atoms with Crippen LogP contribution in [0.1, 0.15) is 24.5 Å². The maximum absolute atomic E-state index is 12.5. The van der Waals surface area contributed by atoms with Crippen LogP contribution in [0.15, 0.2) is 24.3 Å². The largest absolute Gasteiger partial charge is 0.401 e. The molecule has 1 aromatic rings. The summed E-state index contributed by atoms with van der Waals surface area (Å²) in [6.45, 7) is 1.93. The van der Waals surface area contributed by atoms with Gasteiger partial charge in [0.15, 0.2) is 0 Å². The van der Waals surface area contributed by atoms with Gasteiger partial charge >= 0.3 is 6.18 Å². The Bertz CT molecular complexity index is 472. The van der Waals surface area contributed by atoms with Crippen LogP contribution < -0.4 is 5.73 Å². The molecule has 0 heterocycles. The molecule has 1 aromatic carbocycles. The molecule has 1 rings (SSSR count). The summed E-state index contributed by atoms with van der Waals surface area (Å²) in [6.07, 6.45) is -3.49. The van der Waals surface area contributed by atoms with Gasteiger partial charge in [-0.3, -0.25) is 4.90 Å². The van der Waals surface area contributed by atoms with E-state index in [9.17, 15) is 13.2 Å². The van der Waals surface area contributed by atoms with Crippen molar-refractivity contribution in [1.82, 2.24) is 4.90 Å². The van der Waals surface area contributed by atoms with Gasteiger partial charge in [0.1, 0.15) is 0 Å². The second-order valence-corrected chi connectivity index (χ2v) is 4.53. The van der Waals surface area contributed by atoms with E-state index in [-0.39, 0.29) is 13.1 Å². The molecule has 0 aliphatic carbocycles. The van der Waals surface area contributed by atoms with Crippen molar-refractivity contribution < 1.29 is 13.2 Å². The van der Waals surface area contributed by atoms with Crippen LogP contribution in [0.4, 0.5) is 13.2 Å². The number of alkyl halides is 3. The molecule has 0 fully saturated rings. The molecule has 2 N–H and O–H groups in total. The van der Waals surface area contributed by atoms with Gasteiger partial charge in [-0.05, 0) is 30.7 Å². The summed E-state index contributed by atoms with van der Waals surface area (Å²) >= 11 is 0. The van der Waals surface area contributed by atoms with Crippen LogP contribution in [0, 0.1) is 11.8 Å². The third-order valence-corrected chi connectivity index (χ3v) is 2.61. The maximum Gasteiger partial charge on any atom is 0.401 e. The number of benzene rings is 1. The van der Waals surface area contributed by atoms with Gasteiger partial charge in [0.2, 0.25) is 0 Å². The first-order valence-electron chi connectivity index (χ1n) is 6.51. The van der Waals surface area contributed by atoms with E-state index in [1.165, 1.54) is 4.90 Å². The second kappa shape index (κ2) is 7.93. The quantitative estimate of drug-likeness (QED) is 0.842. The first kappa shape index (κ1) is 16.5. The zero-order valence-electron chi connectivity index (χ0n) is 11.5. The summed E-state index contributed by atoms with van der Waals surface area (Å²) in [7, 11) is 0. The van der Waals surface area contributed by atoms with Crippen LogP contribution in [0.25, 0.3) is 0 Å². The van der Waals surface area contributed by atoms with Crippen molar-refractivity contribution in [3.8, 4) is 11.8 Å². The Kier molecular flexibility index (Phi) is 6.56. The lowest BCUT2D eigenvalue weighted by molar-refractivity contribution is -0.147. The second-order valence-electron chi connectivity index (χ2n) is 4.53. The first-order valence-corrected chi connectivity index (χ1v) is 6.51. The topological polar surface area (TPSA) is 29.3 Å². The van der Waals surface area contributed by atoms with Crippen LogP contribution in [-0.4, -0.2) is 30.7 Å². The average Bonchev–Trinajstić information content (AvgIpc) is 2.35. The number of nitrogens with zero attached hydrogens (tertiary/aromatic N) is 1. The SMILES string of the molecule is CCCN(Cc1cccc(C#CCN)c1)CC(F)(F)F. The molecule has 110 valence electrons. The van der Waals surface area contributed by atoms with Crippen LogP contribution >= 0.6 is 0 Å². The molecule has 0 saturated heterocycles. The lowest BCUT2D eigenvalue weighted by Gasteiger charge is -2.23. The lowest BCUT2D eigenvalue weighted by atomic mass is 10.1. The number of halogens is 3. The van der Waals surface area contributed by atoms with E-state index in [1.807, 2.05) is 25.1 Å². The smallest absolute Gasteiger partial charge is 0.320 e. The molecule has 5 heteroatoms. The van der Waals surface area contributed by atoms with Crippen molar-refractivity contribution in [2.75, 3.05) is 19.6 Å². The fourth-order valence-corrected chi connectivity index (χ4v) is 1.94. The summed E-state index contributed by atoms with van der Waals surface area (Å²) in [6, 6.07) is 7.24. The molecule has 0 amide bonds. The minimum absolute atomic E-state index is 0.264. The van der Waals surface area contributed by atoms with Crippen LogP contribution in [0.3, 0.4) is 0 Å². The summed E-state index contributed by atoms with van der Waals surface area (Å²) < 4.78 is 37.5. The van der Waals surface area contributed by atoms with Gasteiger partial charge in [0, 0.05) is 12.1 Å². The van der Waals surface area contributed by atoms with Crippen LogP contribution in [0.2, 0.25) is 0 Å². The molecule has 0 aromatic heterocycles. The Morgan fingerprint density at radius 1 is 1.30 bits per heavy atom. The summed E-state index contributed by atoms with van der Waals surface area (Å²) in [5.74, 6) is 5.62. The third-order valence-electron chi connectivity index (χ3n) is 2.61. The number of hydrogen-bond donors (Lipinski definition) is 1. The standard InChI is InChI=1S/C15H19F3N2/c1-2-9-20(12-15(16,17)18)11-14-6-3-5-13(10-14)7-4-8-19/h3,5-6,10H,2,8-9,11-12,19H2,1H3. The predicted molar refractivity (Wildman–Crippen MR) is 74.0 cm³/mol. The Morgan fingerprint density at radius 3 is 2.65 bits per heavy atom. The maximum atomic E-state index is 12.5. The number of hydrogen-bond acceptors (Lipinski definition) is 2. The van der Waals surface area contributed by atoms with Gasteiger partial charge in [-0.15, -0.1) is 0 Å². The van der Waals surface area contributed by atoms with Gasteiger partial charge < -0.3 is 5.73 Å². The number of rotatable bonds is 5. The van der Waals surface area contributed by atoms with E-state index >= 15 is 0 Å². The molecule has 0 radical (unpaired) electrons. The van der Waals surface area contributed by atoms with Crippen molar-refractivity contribution in [3.63, 3.8) is 0 Å². The van der Waals surface area contributed by atoms with Crippen molar-refractivity contribution in [2.24, 2.45) is 5.73 Å². The molecule has 0 atom stereocenters. The summed E-state index contributed by atoms with van der Waals surface area (Å²) in [5.41, 5.74) is 6.90. The van der Waals surface area contributed by atoms with Gasteiger partial charge in [0.25, 0.3) is 0 Å². The Balaban J connectivity index is 2.77. The zero-order chi connectivity index (χ0) is 15.0. The minimum atomic E-state index is -4.17. The predicted octanol–water partition coefficient (Wildman–Crippen LogP) is 2.77. The molecule has 0 unspecified atom stereocenters. The number of nitrogens with two attached hydrogens (primary N) is 1. The van der Waals surface area contributed by atoms with Crippen molar-refractivity contribution in [1.29, 1.82) is 0 Å². The van der Waals surface area contributed by atoms with Gasteiger partial charge in [-0.2, -0.15) is 13.2 Å². The average molecular weight is 284 g/mol. The molecule has 0 saturated carbocycles. The van der Waals surface area contributed by atoms with E-state index in [2.05, 4.69) is 11.8 Å². The molecule has 0 bridgehead atoms. The Hall–Kier alpha value is -1.51. The van der Waals surface area contributed by atoms with E-state index in [4.69, 9.17) is 5.73 Å². The lowest BCUT2D eigenvalue weighted by Crippen LogP contribution is -2.34. The van der Waals surface area contributed by atoms with E-state index < -0.39 is 12.7 Å². The van der Waals surface area contributed by atoms with Crippen molar-refractivity contribution in [3.05, 3.63) is 35.4 Å². The first-order chi connectivity index (χ1) is 9.44. The molecule has 0 aliphatic heterocycles. The van der Waals surface area contributed by atoms with Crippen molar-refractivity contribution >= 4 is 0 Å². The summed E-state index contributed by atoms with van der Waals surface area (Å²) in [5, 5.41) is 0. The van der Waals surface area contributed by atoms with E-state index in [0.717, 1.165) is 11.1 Å². The Morgan fingerprint density at radius 2 is 2.05 bits per heavy atom. The molecule has 20 heavy (non-hydrogen) atoms. The summed E-state index contributed by atoms with van der Waals surface area (Å²) in [4.78, 5) is 1.40. The van der Waals surface area contributed by atoms with Gasteiger partial charge in [-0.25, -0.2) is 0 Å². The molecular weight excluding hydrogens is 265 g/mol. The van der Waals surface area contributed by atoms with Crippen LogP contribution in [-0.2, 0) is 6.54 Å². The highest BCUT2D eigenvalue weighted by molar-refractivity contribution is 5.37. The molecule has 0 spiro atoms. The van der Waals surface area contributed by atoms with E-state index in [1.54, 1.807) is 6.07 Å². The van der Waals surface area contributed by atoms with E-state index in [0.29, 0.717) is 13.0 Å². The third kappa shape index (κ3) is 6.60. The molecule has 2 nitrogen and oxygen atoms in total. The normalized spacial score (nSPS) is 11.3. The van der Waals surface area contributed by atoms with Gasteiger partial charge in [-0.1, -0.05) is 30.9 Å². The highest BCUT2D eigenvalue weighted by Crippen LogP contribution is 2.18.